The summed E-state index contributed by atoms with van der Waals surface area (Å²) in [5.74, 6) is 0. The quantitative estimate of drug-likeness (QED) is 0.161. The predicted octanol–water partition coefficient (Wildman–Crippen LogP) is 16.8. The summed E-state index contributed by atoms with van der Waals surface area (Å²) in [6.45, 7) is 0. The third kappa shape index (κ3) is 5.98. The van der Waals surface area contributed by atoms with E-state index in [1.54, 1.807) is 0 Å². The molecule has 2 aromatic heterocycles. The first-order chi connectivity index (χ1) is 30.2. The summed E-state index contributed by atoms with van der Waals surface area (Å²) in [6, 6.07) is 80.0. The normalized spacial score (nSPS) is 11.6. The lowest BCUT2D eigenvalue weighted by molar-refractivity contribution is 0.668. The van der Waals surface area contributed by atoms with Gasteiger partial charge in [-0.15, -0.1) is 0 Å². The number of furan rings is 2. The number of nitrogens with zero attached hydrogens (tertiary/aromatic N) is 1. The van der Waals surface area contributed by atoms with Crippen molar-refractivity contribution in [1.29, 1.82) is 0 Å². The fourth-order valence-corrected chi connectivity index (χ4v) is 9.18. The van der Waals surface area contributed by atoms with Crippen molar-refractivity contribution < 1.29 is 8.83 Å². The highest BCUT2D eigenvalue weighted by molar-refractivity contribution is 6.14. The molecule has 0 bridgehead atoms. The van der Waals surface area contributed by atoms with E-state index in [1.807, 2.05) is 24.3 Å². The highest BCUT2D eigenvalue weighted by Gasteiger charge is 2.21. The molecule has 3 heteroatoms. The standard InChI is InChI=1S/C58H37NO2/c1-2-16-46-40(12-1)13-10-20-47(46)41-28-26-38(27-29-41)42-14-9-15-45(36-42)59(44-33-30-39(31-34-44)43-32-35-50-49-18-4-7-23-54(49)61-57(50)37-43)53-22-6-3-17-48(53)51-21-11-25-56-58(51)52-19-5-8-24-55(52)60-56/h1-37H. The van der Waals surface area contributed by atoms with Crippen LogP contribution in [0.4, 0.5) is 17.1 Å². The summed E-state index contributed by atoms with van der Waals surface area (Å²) in [6.07, 6.45) is 0. The maximum absolute atomic E-state index is 6.39. The smallest absolute Gasteiger partial charge is 0.136 e. The van der Waals surface area contributed by atoms with Gasteiger partial charge >= 0.3 is 0 Å². The van der Waals surface area contributed by atoms with E-state index in [0.717, 1.165) is 94.3 Å². The van der Waals surface area contributed by atoms with Gasteiger partial charge in [-0.1, -0.05) is 164 Å². The average Bonchev–Trinajstić information content (AvgIpc) is 3.90. The van der Waals surface area contributed by atoms with E-state index in [2.05, 4.69) is 205 Å². The Morgan fingerprint density at radius 2 is 0.820 bits per heavy atom. The van der Waals surface area contributed by atoms with Crippen molar-refractivity contribution in [1.82, 2.24) is 0 Å². The molecular weight excluding hydrogens is 743 g/mol. The summed E-state index contributed by atoms with van der Waals surface area (Å²) in [5.41, 5.74) is 15.9. The van der Waals surface area contributed by atoms with Crippen LogP contribution >= 0.6 is 0 Å². The topological polar surface area (TPSA) is 29.5 Å². The van der Waals surface area contributed by atoms with E-state index in [4.69, 9.17) is 8.83 Å². The summed E-state index contributed by atoms with van der Waals surface area (Å²) < 4.78 is 12.7. The average molecular weight is 780 g/mol. The fourth-order valence-electron chi connectivity index (χ4n) is 9.18. The molecule has 10 aromatic carbocycles. The van der Waals surface area contributed by atoms with Gasteiger partial charge in [-0.3, -0.25) is 0 Å². The van der Waals surface area contributed by atoms with Crippen molar-refractivity contribution in [3.8, 4) is 44.5 Å². The Kier molecular flexibility index (Phi) is 8.17. The monoisotopic (exact) mass is 779 g/mol. The van der Waals surface area contributed by atoms with E-state index >= 15 is 0 Å². The predicted molar refractivity (Wildman–Crippen MR) is 255 cm³/mol. The molecule has 286 valence electrons. The van der Waals surface area contributed by atoms with E-state index in [9.17, 15) is 0 Å². The molecule has 0 aliphatic carbocycles. The molecule has 12 rings (SSSR count). The molecule has 0 N–H and O–H groups in total. The number of anilines is 3. The number of para-hydroxylation sites is 3. The van der Waals surface area contributed by atoms with Crippen molar-refractivity contribution in [3.05, 3.63) is 224 Å². The van der Waals surface area contributed by atoms with Gasteiger partial charge < -0.3 is 13.7 Å². The largest absolute Gasteiger partial charge is 0.456 e. The fraction of sp³-hybridized carbons (Fsp3) is 0. The summed E-state index contributed by atoms with van der Waals surface area (Å²) in [7, 11) is 0. The van der Waals surface area contributed by atoms with E-state index in [1.165, 1.54) is 21.9 Å². The molecule has 61 heavy (non-hydrogen) atoms. The summed E-state index contributed by atoms with van der Waals surface area (Å²) in [5, 5.41) is 6.98. The second-order valence-electron chi connectivity index (χ2n) is 15.6. The van der Waals surface area contributed by atoms with Crippen molar-refractivity contribution in [2.75, 3.05) is 4.90 Å². The van der Waals surface area contributed by atoms with E-state index in [-0.39, 0.29) is 0 Å². The second kappa shape index (κ2) is 14.3. The minimum Gasteiger partial charge on any atom is -0.456 e. The third-order valence-corrected chi connectivity index (χ3v) is 12.1. The Morgan fingerprint density at radius 3 is 1.67 bits per heavy atom. The van der Waals surface area contributed by atoms with Crippen LogP contribution in [0.25, 0.3) is 99.2 Å². The summed E-state index contributed by atoms with van der Waals surface area (Å²) in [4.78, 5) is 2.39. The highest BCUT2D eigenvalue weighted by atomic mass is 16.3. The maximum atomic E-state index is 6.39. The number of fused-ring (bicyclic) bond motifs is 7. The third-order valence-electron chi connectivity index (χ3n) is 12.1. The van der Waals surface area contributed by atoms with Gasteiger partial charge in [-0.25, -0.2) is 0 Å². The van der Waals surface area contributed by atoms with Crippen LogP contribution < -0.4 is 4.90 Å². The molecule has 0 radical (unpaired) electrons. The molecule has 0 unspecified atom stereocenters. The minimum atomic E-state index is 0.875. The number of hydrogen-bond donors (Lipinski definition) is 0. The van der Waals surface area contributed by atoms with Gasteiger partial charge in [0, 0.05) is 38.5 Å². The summed E-state index contributed by atoms with van der Waals surface area (Å²) >= 11 is 0. The lowest BCUT2D eigenvalue weighted by atomic mass is 9.95. The van der Waals surface area contributed by atoms with E-state index in [0.29, 0.717) is 0 Å². The van der Waals surface area contributed by atoms with Crippen molar-refractivity contribution in [3.63, 3.8) is 0 Å². The lowest BCUT2D eigenvalue weighted by Crippen LogP contribution is -2.11. The Balaban J connectivity index is 0.986. The van der Waals surface area contributed by atoms with E-state index < -0.39 is 0 Å². The molecule has 2 heterocycles. The lowest BCUT2D eigenvalue weighted by Gasteiger charge is -2.28. The molecule has 0 amide bonds. The van der Waals surface area contributed by atoms with Crippen LogP contribution in [0.2, 0.25) is 0 Å². The van der Waals surface area contributed by atoms with Crippen LogP contribution in [-0.2, 0) is 0 Å². The Labute approximate surface area is 353 Å². The number of hydrogen-bond acceptors (Lipinski definition) is 3. The van der Waals surface area contributed by atoms with Crippen LogP contribution in [0, 0.1) is 0 Å². The molecule has 0 aliphatic heterocycles. The van der Waals surface area contributed by atoms with Gasteiger partial charge in [0.15, 0.2) is 0 Å². The number of benzene rings is 10. The number of rotatable bonds is 7. The highest BCUT2D eigenvalue weighted by Crippen LogP contribution is 2.46. The van der Waals surface area contributed by atoms with Gasteiger partial charge in [0.2, 0.25) is 0 Å². The van der Waals surface area contributed by atoms with Crippen molar-refractivity contribution in [2.45, 2.75) is 0 Å². The van der Waals surface area contributed by atoms with Gasteiger partial charge in [-0.05, 0) is 110 Å². The van der Waals surface area contributed by atoms with Crippen LogP contribution in [0.1, 0.15) is 0 Å². The van der Waals surface area contributed by atoms with Gasteiger partial charge in [0.25, 0.3) is 0 Å². The minimum absolute atomic E-state index is 0.875. The Morgan fingerprint density at radius 1 is 0.279 bits per heavy atom. The van der Waals surface area contributed by atoms with Crippen LogP contribution in [0.3, 0.4) is 0 Å². The van der Waals surface area contributed by atoms with Crippen molar-refractivity contribution >= 4 is 71.7 Å². The zero-order chi connectivity index (χ0) is 40.3. The maximum Gasteiger partial charge on any atom is 0.136 e. The first kappa shape index (κ1) is 34.9. The molecule has 0 spiro atoms. The van der Waals surface area contributed by atoms with Gasteiger partial charge in [-0.2, -0.15) is 0 Å². The second-order valence-corrected chi connectivity index (χ2v) is 15.6. The molecule has 0 saturated carbocycles. The van der Waals surface area contributed by atoms with Crippen molar-refractivity contribution in [2.24, 2.45) is 0 Å². The van der Waals surface area contributed by atoms with Crippen LogP contribution in [-0.4, -0.2) is 0 Å². The van der Waals surface area contributed by atoms with Crippen LogP contribution in [0.15, 0.2) is 233 Å². The van der Waals surface area contributed by atoms with Crippen LogP contribution in [0.5, 0.6) is 0 Å². The SMILES string of the molecule is c1cc(-c2ccc(-c3cccc4ccccc34)cc2)cc(N(c2ccc(-c3ccc4c(c3)oc3ccccc34)cc2)c2ccccc2-c2cccc3oc4ccccc4c23)c1. The van der Waals surface area contributed by atoms with Gasteiger partial charge in [0.05, 0.1) is 5.69 Å². The molecule has 0 saturated heterocycles. The van der Waals surface area contributed by atoms with Gasteiger partial charge in [0.1, 0.15) is 22.3 Å². The first-order valence-electron chi connectivity index (χ1n) is 20.7. The molecule has 0 aliphatic rings. The zero-order valence-corrected chi connectivity index (χ0v) is 33.1. The first-order valence-corrected chi connectivity index (χ1v) is 20.7. The Hall–Kier alpha value is -8.14. The molecule has 0 fully saturated rings. The molecular formula is C58H37NO2. The molecule has 0 atom stereocenters. The Bertz CT molecular complexity index is 3590. The molecule has 12 aromatic rings. The molecule has 3 nitrogen and oxygen atoms in total. The zero-order valence-electron chi connectivity index (χ0n) is 33.1.